The molecule has 0 radical (unpaired) electrons. The first-order valence-corrected chi connectivity index (χ1v) is 21.7. The van der Waals surface area contributed by atoms with Crippen LogP contribution in [0.15, 0.2) is 206 Å². The van der Waals surface area contributed by atoms with E-state index in [0.717, 1.165) is 65.8 Å². The predicted molar refractivity (Wildman–Crippen MR) is 251 cm³/mol. The Morgan fingerprint density at radius 3 is 1.76 bits per heavy atom. The Morgan fingerprint density at radius 2 is 0.968 bits per heavy atom. The molecule has 0 saturated heterocycles. The van der Waals surface area contributed by atoms with Crippen LogP contribution in [0, 0.1) is 0 Å². The molecule has 5 nitrogen and oxygen atoms in total. The van der Waals surface area contributed by atoms with E-state index in [0.29, 0.717) is 17.5 Å². The predicted octanol–water partition coefficient (Wildman–Crippen LogP) is 14.2. The number of rotatable bonds is 5. The first kappa shape index (κ1) is 34.9. The summed E-state index contributed by atoms with van der Waals surface area (Å²) in [5.74, 6) is 3.65. The number of ether oxygens (including phenoxy) is 1. The first-order valence-electron chi connectivity index (χ1n) is 20.8. The van der Waals surface area contributed by atoms with Crippen LogP contribution in [0.25, 0.3) is 82.5 Å². The lowest BCUT2D eigenvalue weighted by Gasteiger charge is -2.39. The number of thiophene rings is 1. The van der Waals surface area contributed by atoms with Crippen molar-refractivity contribution in [2.75, 3.05) is 0 Å². The van der Waals surface area contributed by atoms with Crippen molar-refractivity contribution in [3.05, 3.63) is 229 Å². The molecule has 290 valence electrons. The second-order valence-electron chi connectivity index (χ2n) is 15.9. The third-order valence-corrected chi connectivity index (χ3v) is 13.7. The largest absolute Gasteiger partial charge is 0.457 e. The molecule has 8 aromatic carbocycles. The van der Waals surface area contributed by atoms with Crippen molar-refractivity contribution in [1.82, 2.24) is 19.5 Å². The fourth-order valence-corrected chi connectivity index (χ4v) is 10.9. The summed E-state index contributed by atoms with van der Waals surface area (Å²) < 4.78 is 9.05. The molecule has 3 aromatic heterocycles. The minimum absolute atomic E-state index is 0.533. The zero-order chi connectivity index (χ0) is 40.8. The van der Waals surface area contributed by atoms with Gasteiger partial charge in [0, 0.05) is 43.6 Å². The highest BCUT2D eigenvalue weighted by Crippen LogP contribution is 2.62. The summed E-state index contributed by atoms with van der Waals surface area (Å²) in [4.78, 5) is 17.6. The van der Waals surface area contributed by atoms with Crippen LogP contribution in [0.3, 0.4) is 0 Å². The van der Waals surface area contributed by atoms with Crippen molar-refractivity contribution < 1.29 is 4.74 Å². The smallest absolute Gasteiger partial charge is 0.174 e. The number of nitrogens with zero attached hydrogens (tertiary/aromatic N) is 4. The summed E-state index contributed by atoms with van der Waals surface area (Å²) >= 11 is 1.69. The molecule has 6 heteroatoms. The Kier molecular flexibility index (Phi) is 7.62. The van der Waals surface area contributed by atoms with Gasteiger partial charge in [-0.15, -0.1) is 11.3 Å². The quantitative estimate of drug-likeness (QED) is 0.174. The first-order chi connectivity index (χ1) is 30.7. The van der Waals surface area contributed by atoms with Crippen molar-refractivity contribution in [2.45, 2.75) is 5.41 Å². The van der Waals surface area contributed by atoms with Gasteiger partial charge in [-0.05, 0) is 88.5 Å². The summed E-state index contributed by atoms with van der Waals surface area (Å²) in [5, 5.41) is 2.38. The van der Waals surface area contributed by atoms with Gasteiger partial charge in [0.05, 0.1) is 21.3 Å². The molecule has 11 aromatic rings. The van der Waals surface area contributed by atoms with Crippen LogP contribution in [-0.4, -0.2) is 19.5 Å². The van der Waals surface area contributed by atoms with E-state index < -0.39 is 5.41 Å². The molecule has 0 bridgehead atoms. The Bertz CT molecular complexity index is 3530. The minimum Gasteiger partial charge on any atom is -0.457 e. The Hall–Kier alpha value is -7.93. The lowest BCUT2D eigenvalue weighted by molar-refractivity contribution is 0.436. The van der Waals surface area contributed by atoms with Gasteiger partial charge in [-0.2, -0.15) is 0 Å². The molecule has 1 aliphatic heterocycles. The van der Waals surface area contributed by atoms with Gasteiger partial charge < -0.3 is 9.30 Å². The molecule has 0 unspecified atom stereocenters. The lowest BCUT2D eigenvalue weighted by atomic mass is 9.66. The van der Waals surface area contributed by atoms with E-state index in [2.05, 4.69) is 193 Å². The van der Waals surface area contributed by atoms with Crippen LogP contribution in [0.2, 0.25) is 0 Å². The lowest BCUT2D eigenvalue weighted by Crippen LogP contribution is -2.32. The second kappa shape index (κ2) is 13.5. The van der Waals surface area contributed by atoms with Crippen molar-refractivity contribution >= 4 is 33.1 Å². The Morgan fingerprint density at radius 1 is 0.387 bits per heavy atom. The molecule has 0 amide bonds. The molecular weight excluding hydrogens is 777 g/mol. The number of hydrogen-bond acceptors (Lipinski definition) is 5. The fraction of sp³-hybridized carbons (Fsp3) is 0.0179. The highest BCUT2D eigenvalue weighted by atomic mass is 32.1. The molecule has 1 spiro atoms. The molecule has 62 heavy (non-hydrogen) atoms. The summed E-state index contributed by atoms with van der Waals surface area (Å²) in [6, 6.07) is 73.1. The molecular formula is C56H34N4OS. The van der Waals surface area contributed by atoms with E-state index >= 15 is 0 Å². The van der Waals surface area contributed by atoms with Crippen molar-refractivity contribution in [2.24, 2.45) is 0 Å². The van der Waals surface area contributed by atoms with E-state index in [9.17, 15) is 0 Å². The van der Waals surface area contributed by atoms with E-state index in [4.69, 9.17) is 19.7 Å². The van der Waals surface area contributed by atoms with Crippen LogP contribution in [-0.2, 0) is 5.41 Å². The monoisotopic (exact) mass is 810 g/mol. The summed E-state index contributed by atoms with van der Waals surface area (Å²) in [6.07, 6.45) is 0. The molecule has 0 saturated carbocycles. The highest BCUT2D eigenvalue weighted by molar-refractivity contribution is 7.18. The summed E-state index contributed by atoms with van der Waals surface area (Å²) in [7, 11) is 0. The van der Waals surface area contributed by atoms with Gasteiger partial charge in [0.15, 0.2) is 17.5 Å². The second-order valence-corrected chi connectivity index (χ2v) is 17.0. The van der Waals surface area contributed by atoms with Crippen molar-refractivity contribution in [1.29, 1.82) is 0 Å². The Labute approximate surface area is 361 Å². The van der Waals surface area contributed by atoms with Gasteiger partial charge in [0.25, 0.3) is 0 Å². The van der Waals surface area contributed by atoms with Gasteiger partial charge in [0.1, 0.15) is 11.5 Å². The topological polar surface area (TPSA) is 52.8 Å². The maximum absolute atomic E-state index is 6.72. The molecule has 0 fully saturated rings. The normalized spacial score (nSPS) is 13.1. The number of benzene rings is 8. The zero-order valence-corrected chi connectivity index (χ0v) is 34.1. The molecule has 1 aliphatic carbocycles. The van der Waals surface area contributed by atoms with Gasteiger partial charge in [-0.1, -0.05) is 146 Å². The minimum atomic E-state index is -0.533. The van der Waals surface area contributed by atoms with Crippen LogP contribution in [0.1, 0.15) is 22.3 Å². The number of fused-ring (bicyclic) bond motifs is 12. The average molecular weight is 811 g/mol. The Balaban J connectivity index is 0.961. The highest BCUT2D eigenvalue weighted by Gasteiger charge is 2.51. The third-order valence-electron chi connectivity index (χ3n) is 12.6. The standard InChI is InChI=1S/C56H34N4OS/c1-3-15-35(16-4-1)53-57-54(37-27-29-42-41-21-9-13-25-47(41)60(48(42)34-37)38-17-5-2-6-18-38)59-55(58-53)52-32-31-51(62-52)36-28-30-50-46(33-36)56(45-24-12-14-26-49(45)61-50)43-22-10-7-19-39(43)40-20-8-11-23-44(40)56/h1-34H. The maximum atomic E-state index is 6.72. The van der Waals surface area contributed by atoms with E-state index in [1.165, 1.54) is 33.0 Å². The fourth-order valence-electron chi connectivity index (χ4n) is 9.92. The SMILES string of the molecule is c1ccc(-c2nc(-c3ccc4c5ccccc5n(-c5ccccc5)c4c3)nc(-c3ccc(-c4ccc5c(c4)C4(c6ccccc6O5)c5ccccc5-c5ccccc54)s3)n2)cc1. The molecule has 13 rings (SSSR count). The molecule has 0 N–H and O–H groups in total. The average Bonchev–Trinajstić information content (AvgIpc) is 4.05. The maximum Gasteiger partial charge on any atom is 0.174 e. The van der Waals surface area contributed by atoms with Gasteiger partial charge in [0.2, 0.25) is 0 Å². The van der Waals surface area contributed by atoms with Crippen molar-refractivity contribution in [3.8, 4) is 72.2 Å². The molecule has 2 aliphatic rings. The van der Waals surface area contributed by atoms with Crippen LogP contribution in [0.5, 0.6) is 11.5 Å². The zero-order valence-electron chi connectivity index (χ0n) is 33.2. The summed E-state index contributed by atoms with van der Waals surface area (Å²) in [5.41, 5.74) is 13.2. The van der Waals surface area contributed by atoms with Crippen LogP contribution in [0.4, 0.5) is 0 Å². The summed E-state index contributed by atoms with van der Waals surface area (Å²) in [6.45, 7) is 0. The molecule has 4 heterocycles. The molecule has 0 atom stereocenters. The van der Waals surface area contributed by atoms with E-state index in [-0.39, 0.29) is 0 Å². The number of hydrogen-bond donors (Lipinski definition) is 0. The third kappa shape index (κ3) is 5.11. The van der Waals surface area contributed by atoms with Crippen LogP contribution < -0.4 is 4.74 Å². The van der Waals surface area contributed by atoms with Crippen molar-refractivity contribution in [3.63, 3.8) is 0 Å². The van der Waals surface area contributed by atoms with E-state index in [1.54, 1.807) is 11.3 Å². The van der Waals surface area contributed by atoms with Crippen LogP contribution >= 0.6 is 11.3 Å². The van der Waals surface area contributed by atoms with Gasteiger partial charge >= 0.3 is 0 Å². The number of para-hydroxylation sites is 3. The van der Waals surface area contributed by atoms with E-state index in [1.807, 2.05) is 18.2 Å². The van der Waals surface area contributed by atoms with Gasteiger partial charge in [-0.25, -0.2) is 15.0 Å². The number of aromatic nitrogens is 4. The van der Waals surface area contributed by atoms with Gasteiger partial charge in [-0.3, -0.25) is 0 Å².